The molecule has 7 heteroatoms. The fourth-order valence-electron chi connectivity index (χ4n) is 5.94. The molecule has 37 heavy (non-hydrogen) atoms. The molecule has 2 aliphatic rings. The van der Waals surface area contributed by atoms with Crippen LogP contribution in [0, 0.1) is 0 Å². The van der Waals surface area contributed by atoms with Crippen LogP contribution in [0.1, 0.15) is 69.2 Å². The number of unbranched alkanes of at least 4 members (excludes halogenated alkanes) is 2. The number of ether oxygens (including phenoxy) is 2. The van der Waals surface area contributed by atoms with Gasteiger partial charge < -0.3 is 24.3 Å². The minimum absolute atomic E-state index is 0.00430. The highest BCUT2D eigenvalue weighted by Crippen LogP contribution is 2.49. The van der Waals surface area contributed by atoms with Crippen LogP contribution in [0.15, 0.2) is 42.5 Å². The second kappa shape index (κ2) is 10.1. The molecule has 3 aromatic rings. The van der Waals surface area contributed by atoms with Gasteiger partial charge in [-0.1, -0.05) is 51.0 Å². The molecule has 5 rings (SSSR count). The lowest BCUT2D eigenvalue weighted by Gasteiger charge is -2.51. The summed E-state index contributed by atoms with van der Waals surface area (Å²) in [7, 11) is 1.65. The fraction of sp³-hybridized carbons (Fsp3) is 0.467. The molecule has 3 heterocycles. The average molecular weight is 504 g/mol. The summed E-state index contributed by atoms with van der Waals surface area (Å²) >= 11 is 0. The molecule has 1 saturated heterocycles. The molecule has 0 bridgehead atoms. The number of rotatable bonds is 9. The van der Waals surface area contributed by atoms with E-state index < -0.39 is 5.54 Å². The summed E-state index contributed by atoms with van der Waals surface area (Å²) in [6, 6.07) is 14.2. The van der Waals surface area contributed by atoms with Crippen molar-refractivity contribution in [3.63, 3.8) is 0 Å². The Morgan fingerprint density at radius 2 is 1.86 bits per heavy atom. The predicted octanol–water partition coefficient (Wildman–Crippen LogP) is 5.19. The number of methoxy groups -OCH3 is 1. The number of H-pyrrole nitrogens is 1. The van der Waals surface area contributed by atoms with E-state index in [4.69, 9.17) is 9.47 Å². The highest BCUT2D eigenvalue weighted by Gasteiger charge is 2.56. The normalized spacial score (nSPS) is 21.2. The Labute approximate surface area is 218 Å². The number of carbonyl (C=O) groups is 2. The zero-order valence-corrected chi connectivity index (χ0v) is 22.3. The van der Waals surface area contributed by atoms with E-state index in [-0.39, 0.29) is 24.3 Å². The smallest absolute Gasteiger partial charge is 0.254 e. The number of piperazine rings is 1. The molecule has 2 amide bonds. The van der Waals surface area contributed by atoms with Gasteiger partial charge in [0.2, 0.25) is 5.91 Å². The van der Waals surface area contributed by atoms with Crippen molar-refractivity contribution in [1.82, 2.24) is 14.8 Å². The van der Waals surface area contributed by atoms with Crippen LogP contribution in [0.3, 0.4) is 0 Å². The van der Waals surface area contributed by atoms with E-state index in [0.717, 1.165) is 53.4 Å². The van der Waals surface area contributed by atoms with Crippen LogP contribution in [0.2, 0.25) is 0 Å². The summed E-state index contributed by atoms with van der Waals surface area (Å²) in [5, 5.41) is 1.08. The first-order valence-corrected chi connectivity index (χ1v) is 13.5. The molecule has 0 spiro atoms. The zero-order chi connectivity index (χ0) is 26.2. The van der Waals surface area contributed by atoms with Gasteiger partial charge in [-0.05, 0) is 49.1 Å². The van der Waals surface area contributed by atoms with Crippen LogP contribution in [0.4, 0.5) is 0 Å². The summed E-state index contributed by atoms with van der Waals surface area (Å²) in [6.45, 7) is 7.90. The molecule has 2 atom stereocenters. The van der Waals surface area contributed by atoms with Crippen LogP contribution in [0.5, 0.6) is 11.5 Å². The third-order valence-electron chi connectivity index (χ3n) is 7.90. The van der Waals surface area contributed by atoms with Crippen LogP contribution < -0.4 is 9.47 Å². The minimum Gasteiger partial charge on any atom is -0.493 e. The number of nitrogens with one attached hydrogen (secondary N) is 1. The molecule has 7 nitrogen and oxygen atoms in total. The Hall–Kier alpha value is -3.48. The number of nitrogens with zero attached hydrogens (tertiary/aromatic N) is 2. The first kappa shape index (κ1) is 25.2. The van der Waals surface area contributed by atoms with Gasteiger partial charge in [-0.25, -0.2) is 0 Å². The summed E-state index contributed by atoms with van der Waals surface area (Å²) in [5.74, 6) is 1.25. The molecule has 0 aliphatic carbocycles. The molecule has 0 radical (unpaired) electrons. The van der Waals surface area contributed by atoms with Crippen molar-refractivity contribution in [3.05, 3.63) is 59.3 Å². The maximum absolute atomic E-state index is 14.0. The summed E-state index contributed by atoms with van der Waals surface area (Å²) < 4.78 is 11.6. The SMILES string of the molecule is CCCCCN1CC(=O)N2CC(c3ccc(OCCC)c(OC)c3)c3c([nH]c4ccccc34)[C@@]2(C)C1=O. The van der Waals surface area contributed by atoms with Gasteiger partial charge in [-0.2, -0.15) is 0 Å². The number of aromatic amines is 1. The topological polar surface area (TPSA) is 74.9 Å². The number of hydrogen-bond acceptors (Lipinski definition) is 4. The zero-order valence-electron chi connectivity index (χ0n) is 22.3. The van der Waals surface area contributed by atoms with E-state index in [0.29, 0.717) is 31.2 Å². The van der Waals surface area contributed by atoms with Gasteiger partial charge in [-0.15, -0.1) is 0 Å². The standard InChI is InChI=1S/C30H37N3O4/c1-5-7-10-15-32-19-26(34)33-18-22(20-13-14-24(37-16-6-2)25(17-20)36-4)27-21-11-8-9-12-23(21)31-28(27)30(33,3)29(32)35/h8-9,11-14,17,22,31H,5-7,10,15-16,18-19H2,1-4H3/t22?,30-/m0/s1. The molecule has 2 aromatic carbocycles. The lowest BCUT2D eigenvalue weighted by atomic mass is 9.76. The molecule has 196 valence electrons. The van der Waals surface area contributed by atoms with Crippen LogP contribution >= 0.6 is 0 Å². The number of para-hydroxylation sites is 1. The van der Waals surface area contributed by atoms with Gasteiger partial charge in [0.05, 0.1) is 26.0 Å². The van der Waals surface area contributed by atoms with Crippen molar-refractivity contribution < 1.29 is 19.1 Å². The first-order chi connectivity index (χ1) is 17.9. The Bertz CT molecular complexity index is 1320. The number of fused-ring (bicyclic) bond motifs is 5. The van der Waals surface area contributed by atoms with Crippen LogP contribution in [-0.4, -0.2) is 59.9 Å². The second-order valence-corrected chi connectivity index (χ2v) is 10.3. The molecular weight excluding hydrogens is 466 g/mol. The van der Waals surface area contributed by atoms with Gasteiger partial charge in [0.15, 0.2) is 17.0 Å². The second-order valence-electron chi connectivity index (χ2n) is 10.3. The lowest BCUT2D eigenvalue weighted by Crippen LogP contribution is -2.67. The maximum atomic E-state index is 14.0. The third-order valence-corrected chi connectivity index (χ3v) is 7.90. The number of hydrogen-bond donors (Lipinski definition) is 1. The van der Waals surface area contributed by atoms with Crippen molar-refractivity contribution in [2.24, 2.45) is 0 Å². The summed E-state index contributed by atoms with van der Waals surface area (Å²) in [4.78, 5) is 34.7. The van der Waals surface area contributed by atoms with Crippen LogP contribution in [-0.2, 0) is 15.1 Å². The molecule has 1 unspecified atom stereocenters. The van der Waals surface area contributed by atoms with Gasteiger partial charge in [0.1, 0.15) is 0 Å². The summed E-state index contributed by atoms with van der Waals surface area (Å²) in [5.41, 5.74) is 2.82. The first-order valence-electron chi connectivity index (χ1n) is 13.5. The van der Waals surface area contributed by atoms with E-state index in [1.807, 2.05) is 37.3 Å². The molecule has 0 saturated carbocycles. The van der Waals surface area contributed by atoms with E-state index in [9.17, 15) is 9.59 Å². The quantitative estimate of drug-likeness (QED) is 0.408. The van der Waals surface area contributed by atoms with E-state index in [1.54, 1.807) is 16.9 Å². The Morgan fingerprint density at radius 1 is 1.05 bits per heavy atom. The Balaban J connectivity index is 1.63. The number of aromatic nitrogens is 1. The van der Waals surface area contributed by atoms with E-state index >= 15 is 0 Å². The van der Waals surface area contributed by atoms with Crippen molar-refractivity contribution in [1.29, 1.82) is 0 Å². The molecule has 1 N–H and O–H groups in total. The number of amides is 2. The highest BCUT2D eigenvalue weighted by atomic mass is 16.5. The monoisotopic (exact) mass is 503 g/mol. The number of benzene rings is 2. The Morgan fingerprint density at radius 3 is 2.62 bits per heavy atom. The molecular formula is C30H37N3O4. The predicted molar refractivity (Wildman–Crippen MR) is 144 cm³/mol. The van der Waals surface area contributed by atoms with Crippen molar-refractivity contribution >= 4 is 22.7 Å². The number of carbonyl (C=O) groups excluding carboxylic acids is 2. The van der Waals surface area contributed by atoms with Gasteiger partial charge >= 0.3 is 0 Å². The molecule has 1 aromatic heterocycles. The molecule has 1 fully saturated rings. The van der Waals surface area contributed by atoms with Gasteiger partial charge in [-0.3, -0.25) is 9.59 Å². The van der Waals surface area contributed by atoms with E-state index in [2.05, 4.69) is 31.0 Å². The van der Waals surface area contributed by atoms with Crippen molar-refractivity contribution in [2.75, 3.05) is 33.4 Å². The van der Waals surface area contributed by atoms with Gasteiger partial charge in [0.25, 0.3) is 5.91 Å². The average Bonchev–Trinajstić information content (AvgIpc) is 3.31. The third kappa shape index (κ3) is 4.14. The molecule has 2 aliphatic heterocycles. The summed E-state index contributed by atoms with van der Waals surface area (Å²) in [6.07, 6.45) is 3.92. The largest absolute Gasteiger partial charge is 0.493 e. The van der Waals surface area contributed by atoms with Gasteiger partial charge in [0, 0.05) is 29.9 Å². The highest BCUT2D eigenvalue weighted by molar-refractivity contribution is 6.01. The van der Waals surface area contributed by atoms with Crippen molar-refractivity contribution in [2.45, 2.75) is 57.9 Å². The lowest BCUT2D eigenvalue weighted by molar-refractivity contribution is -0.166. The van der Waals surface area contributed by atoms with E-state index in [1.165, 1.54) is 0 Å². The minimum atomic E-state index is -1.07. The van der Waals surface area contributed by atoms with Crippen LogP contribution in [0.25, 0.3) is 10.9 Å². The van der Waals surface area contributed by atoms with Crippen molar-refractivity contribution in [3.8, 4) is 11.5 Å². The fourth-order valence-corrected chi connectivity index (χ4v) is 5.94. The Kier molecular flexibility index (Phi) is 6.88. The maximum Gasteiger partial charge on any atom is 0.254 e.